The van der Waals surface area contributed by atoms with Crippen molar-refractivity contribution in [2.24, 2.45) is 0 Å². The van der Waals surface area contributed by atoms with Crippen LogP contribution in [0, 0.1) is 18.6 Å². The first-order valence-electron chi connectivity index (χ1n) is 9.33. The Labute approximate surface area is 170 Å². The fraction of sp³-hybridized carbons (Fsp3) is 0.0417. The molecule has 146 valence electrons. The Morgan fingerprint density at radius 2 is 1.20 bits per heavy atom. The summed E-state index contributed by atoms with van der Waals surface area (Å²) >= 11 is 0. The first kappa shape index (κ1) is 18.1. The van der Waals surface area contributed by atoms with Gasteiger partial charge in [-0.05, 0) is 73.7 Å². The van der Waals surface area contributed by atoms with Gasteiger partial charge in [-0.2, -0.15) is 0 Å². The van der Waals surface area contributed by atoms with Crippen LogP contribution in [0.5, 0.6) is 0 Å². The fourth-order valence-corrected chi connectivity index (χ4v) is 3.29. The molecule has 0 aliphatic rings. The van der Waals surface area contributed by atoms with Crippen LogP contribution in [0.4, 0.5) is 8.78 Å². The summed E-state index contributed by atoms with van der Waals surface area (Å²) in [5.74, 6) is 0.552. The van der Waals surface area contributed by atoms with E-state index in [1.54, 1.807) is 30.5 Å². The molecule has 4 nitrogen and oxygen atoms in total. The largest absolute Gasteiger partial charge is 0.441 e. The van der Waals surface area contributed by atoms with Gasteiger partial charge in [0.05, 0.1) is 28.6 Å². The maximum absolute atomic E-state index is 13.5. The summed E-state index contributed by atoms with van der Waals surface area (Å²) in [7, 11) is 0. The van der Waals surface area contributed by atoms with Gasteiger partial charge in [0.1, 0.15) is 17.4 Å². The lowest BCUT2D eigenvalue weighted by atomic mass is 10.0. The number of nitrogens with zero attached hydrogens (tertiary/aromatic N) is 3. The lowest BCUT2D eigenvalue weighted by Crippen LogP contribution is -1.96. The van der Waals surface area contributed by atoms with Gasteiger partial charge in [0.2, 0.25) is 5.89 Å². The lowest BCUT2D eigenvalue weighted by Gasteiger charge is -2.11. The molecule has 2 heterocycles. The number of hydrogen-bond acceptors (Lipinski definition) is 4. The van der Waals surface area contributed by atoms with E-state index in [9.17, 15) is 8.78 Å². The number of benzene rings is 3. The number of aromatic nitrogens is 3. The zero-order valence-electron chi connectivity index (χ0n) is 15.9. The van der Waals surface area contributed by atoms with Crippen LogP contribution in [0.3, 0.4) is 0 Å². The molecular weight excluding hydrogens is 384 g/mol. The summed E-state index contributed by atoms with van der Waals surface area (Å²) in [5.41, 5.74) is 4.70. The molecule has 5 aromatic rings. The van der Waals surface area contributed by atoms with Crippen LogP contribution in [-0.2, 0) is 0 Å². The van der Waals surface area contributed by atoms with E-state index in [1.807, 2.05) is 25.1 Å². The molecule has 0 unspecified atom stereocenters. The average Bonchev–Trinajstić information content (AvgIpc) is 3.20. The molecule has 0 amide bonds. The van der Waals surface area contributed by atoms with Crippen molar-refractivity contribution < 1.29 is 13.2 Å². The molecule has 0 fully saturated rings. The molecule has 0 saturated heterocycles. The number of oxazole rings is 1. The minimum absolute atomic E-state index is 0.332. The monoisotopic (exact) mass is 399 g/mol. The highest BCUT2D eigenvalue weighted by Crippen LogP contribution is 2.32. The lowest BCUT2D eigenvalue weighted by molar-refractivity contribution is 0.542. The van der Waals surface area contributed by atoms with Crippen LogP contribution in [-0.4, -0.2) is 15.0 Å². The molecule has 2 aromatic heterocycles. The van der Waals surface area contributed by atoms with Gasteiger partial charge in [-0.1, -0.05) is 0 Å². The predicted molar refractivity (Wildman–Crippen MR) is 111 cm³/mol. The topological polar surface area (TPSA) is 51.8 Å². The van der Waals surface area contributed by atoms with E-state index < -0.39 is 0 Å². The van der Waals surface area contributed by atoms with Crippen molar-refractivity contribution in [1.29, 1.82) is 0 Å². The minimum Gasteiger partial charge on any atom is -0.441 e. The van der Waals surface area contributed by atoms with Crippen LogP contribution in [0.15, 0.2) is 77.3 Å². The smallest absolute Gasteiger partial charge is 0.226 e. The molecule has 0 aliphatic heterocycles. The molecular formula is C24H15F2N3O. The summed E-state index contributed by atoms with van der Waals surface area (Å²) < 4.78 is 32.5. The van der Waals surface area contributed by atoms with E-state index >= 15 is 0 Å². The quantitative estimate of drug-likeness (QED) is 0.362. The van der Waals surface area contributed by atoms with Crippen molar-refractivity contribution in [3.05, 3.63) is 90.3 Å². The Kier molecular flexibility index (Phi) is 4.32. The highest BCUT2D eigenvalue weighted by molar-refractivity contribution is 5.88. The first-order valence-corrected chi connectivity index (χ1v) is 9.33. The standard InChI is InChI=1S/C24H15F2N3O/c1-14-13-27-24(30-14)17-6-11-20-21(12-17)29-23(16-4-9-19(26)10-5-16)22(28-20)15-2-7-18(25)8-3-15/h2-13H,1H3. The van der Waals surface area contributed by atoms with Crippen molar-refractivity contribution in [3.63, 3.8) is 0 Å². The molecule has 0 spiro atoms. The van der Waals surface area contributed by atoms with Crippen molar-refractivity contribution in [2.45, 2.75) is 6.92 Å². The van der Waals surface area contributed by atoms with Crippen LogP contribution in [0.2, 0.25) is 0 Å². The summed E-state index contributed by atoms with van der Waals surface area (Å²) in [6.07, 6.45) is 1.66. The molecule has 0 aliphatic carbocycles. The predicted octanol–water partition coefficient (Wildman–Crippen LogP) is 6.21. The Balaban J connectivity index is 1.73. The average molecular weight is 399 g/mol. The molecule has 0 radical (unpaired) electrons. The second kappa shape index (κ2) is 7.15. The van der Waals surface area contributed by atoms with Crippen LogP contribution >= 0.6 is 0 Å². The van der Waals surface area contributed by atoms with Gasteiger partial charge in [0, 0.05) is 16.7 Å². The van der Waals surface area contributed by atoms with E-state index in [2.05, 4.69) is 4.98 Å². The number of hydrogen-bond donors (Lipinski definition) is 0. The van der Waals surface area contributed by atoms with Gasteiger partial charge in [-0.15, -0.1) is 0 Å². The third kappa shape index (κ3) is 3.33. The van der Waals surface area contributed by atoms with E-state index in [4.69, 9.17) is 14.4 Å². The number of halogens is 2. The van der Waals surface area contributed by atoms with Gasteiger partial charge < -0.3 is 4.42 Å². The Bertz CT molecular complexity index is 1360. The molecule has 0 atom stereocenters. The maximum Gasteiger partial charge on any atom is 0.226 e. The summed E-state index contributed by atoms with van der Waals surface area (Å²) in [6.45, 7) is 1.83. The van der Waals surface area contributed by atoms with Crippen molar-refractivity contribution in [2.75, 3.05) is 0 Å². The highest BCUT2D eigenvalue weighted by atomic mass is 19.1. The van der Waals surface area contributed by atoms with Crippen LogP contribution in [0.25, 0.3) is 45.0 Å². The van der Waals surface area contributed by atoms with Gasteiger partial charge in [-0.3, -0.25) is 0 Å². The normalized spacial score (nSPS) is 11.2. The SMILES string of the molecule is Cc1cnc(-c2ccc3nc(-c4ccc(F)cc4)c(-c4ccc(F)cc4)nc3c2)o1. The molecule has 0 N–H and O–H groups in total. The molecule has 0 saturated carbocycles. The van der Waals surface area contributed by atoms with Crippen molar-refractivity contribution >= 4 is 11.0 Å². The molecule has 3 aromatic carbocycles. The summed E-state index contributed by atoms with van der Waals surface area (Å²) in [4.78, 5) is 13.9. The van der Waals surface area contributed by atoms with Gasteiger partial charge >= 0.3 is 0 Å². The van der Waals surface area contributed by atoms with Crippen LogP contribution < -0.4 is 0 Å². The Morgan fingerprint density at radius 1 is 0.667 bits per heavy atom. The third-order valence-electron chi connectivity index (χ3n) is 4.77. The van der Waals surface area contributed by atoms with Crippen molar-refractivity contribution in [1.82, 2.24) is 15.0 Å². The molecule has 6 heteroatoms. The van der Waals surface area contributed by atoms with E-state index in [0.29, 0.717) is 33.9 Å². The van der Waals surface area contributed by atoms with E-state index in [0.717, 1.165) is 16.9 Å². The molecule has 30 heavy (non-hydrogen) atoms. The summed E-state index contributed by atoms with van der Waals surface area (Å²) in [5, 5.41) is 0. The number of rotatable bonds is 3. The second-order valence-electron chi connectivity index (χ2n) is 6.91. The minimum atomic E-state index is -0.336. The first-order chi connectivity index (χ1) is 14.6. The van der Waals surface area contributed by atoms with Gasteiger partial charge in [-0.25, -0.2) is 23.7 Å². The fourth-order valence-electron chi connectivity index (χ4n) is 3.29. The van der Waals surface area contributed by atoms with Crippen LogP contribution in [0.1, 0.15) is 5.76 Å². The Morgan fingerprint density at radius 3 is 1.73 bits per heavy atom. The van der Waals surface area contributed by atoms with Gasteiger partial charge in [0.25, 0.3) is 0 Å². The second-order valence-corrected chi connectivity index (χ2v) is 6.91. The highest BCUT2D eigenvalue weighted by Gasteiger charge is 2.15. The third-order valence-corrected chi connectivity index (χ3v) is 4.77. The summed E-state index contributed by atoms with van der Waals surface area (Å²) in [6, 6.07) is 17.7. The van der Waals surface area contributed by atoms with E-state index in [-0.39, 0.29) is 11.6 Å². The van der Waals surface area contributed by atoms with Crippen molar-refractivity contribution in [3.8, 4) is 34.0 Å². The number of aryl methyl sites for hydroxylation is 1. The number of fused-ring (bicyclic) bond motifs is 1. The van der Waals surface area contributed by atoms with Gasteiger partial charge in [0.15, 0.2) is 0 Å². The zero-order chi connectivity index (χ0) is 20.7. The Hall–Kier alpha value is -3.93. The maximum atomic E-state index is 13.5. The van der Waals surface area contributed by atoms with E-state index in [1.165, 1.54) is 24.3 Å². The molecule has 0 bridgehead atoms. The zero-order valence-corrected chi connectivity index (χ0v) is 15.9. The molecule has 5 rings (SSSR count).